The van der Waals surface area contributed by atoms with E-state index in [2.05, 4.69) is 5.32 Å². The number of amides is 2. The summed E-state index contributed by atoms with van der Waals surface area (Å²) >= 11 is 12.8. The SMILES string of the molecule is CCCCNC(=O)[C@@H](C)N(Cc1c(Cl)cccc1Cl)C(=O)CN(c1ccc(F)cc1)S(=O)(=O)c1ccc2c(c1)OCCO2. The van der Waals surface area contributed by atoms with Crippen LogP contribution in [0, 0.1) is 5.82 Å². The van der Waals surface area contributed by atoms with E-state index in [4.69, 9.17) is 32.7 Å². The van der Waals surface area contributed by atoms with E-state index in [1.54, 1.807) is 25.1 Å². The van der Waals surface area contributed by atoms with Crippen LogP contribution in [0.2, 0.25) is 10.0 Å². The average molecular weight is 653 g/mol. The second-order valence-corrected chi connectivity index (χ2v) is 12.5. The highest BCUT2D eigenvalue weighted by atomic mass is 35.5. The van der Waals surface area contributed by atoms with Gasteiger partial charge in [0.1, 0.15) is 31.6 Å². The fraction of sp³-hybridized carbons (Fsp3) is 0.333. The van der Waals surface area contributed by atoms with Gasteiger partial charge in [-0.2, -0.15) is 0 Å². The van der Waals surface area contributed by atoms with Crippen molar-refractivity contribution in [3.63, 3.8) is 0 Å². The second-order valence-electron chi connectivity index (χ2n) is 9.84. The lowest BCUT2D eigenvalue weighted by molar-refractivity contribution is -0.139. The fourth-order valence-corrected chi connectivity index (χ4v) is 6.37. The Hall–Kier alpha value is -3.54. The third-order valence-electron chi connectivity index (χ3n) is 6.88. The smallest absolute Gasteiger partial charge is 0.264 e. The number of hydrogen-bond acceptors (Lipinski definition) is 6. The van der Waals surface area contributed by atoms with Crippen molar-refractivity contribution >= 4 is 50.7 Å². The molecule has 0 unspecified atom stereocenters. The van der Waals surface area contributed by atoms with Crippen LogP contribution in [0.3, 0.4) is 0 Å². The Morgan fingerprint density at radius 1 is 1.00 bits per heavy atom. The van der Waals surface area contributed by atoms with Crippen molar-refractivity contribution in [2.45, 2.75) is 44.2 Å². The van der Waals surface area contributed by atoms with Crippen molar-refractivity contribution in [3.05, 3.63) is 82.1 Å². The van der Waals surface area contributed by atoms with Gasteiger partial charge in [0.2, 0.25) is 11.8 Å². The average Bonchev–Trinajstić information content (AvgIpc) is 2.99. The van der Waals surface area contributed by atoms with E-state index >= 15 is 0 Å². The summed E-state index contributed by atoms with van der Waals surface area (Å²) in [5.74, 6) is -1.09. The molecule has 1 atom stereocenters. The molecule has 3 aromatic carbocycles. The lowest BCUT2D eigenvalue weighted by atomic mass is 10.1. The molecule has 1 aliphatic rings. The van der Waals surface area contributed by atoms with Gasteiger partial charge in [0.15, 0.2) is 11.5 Å². The van der Waals surface area contributed by atoms with E-state index in [0.717, 1.165) is 29.3 Å². The normalized spacial score (nSPS) is 13.2. The molecule has 0 saturated heterocycles. The molecule has 2 amide bonds. The third kappa shape index (κ3) is 7.70. The van der Waals surface area contributed by atoms with Crippen molar-refractivity contribution in [2.24, 2.45) is 0 Å². The number of sulfonamides is 1. The zero-order valence-corrected chi connectivity index (χ0v) is 26.0. The Kier molecular flexibility index (Phi) is 10.8. The number of unbranched alkanes of at least 4 members (excludes halogenated alkanes) is 1. The van der Waals surface area contributed by atoms with Gasteiger partial charge in [-0.05, 0) is 61.9 Å². The largest absolute Gasteiger partial charge is 0.486 e. The maximum absolute atomic E-state index is 14.0. The quantitative estimate of drug-likeness (QED) is 0.262. The molecular formula is C30H32Cl2FN3O6S. The van der Waals surface area contributed by atoms with Crippen LogP contribution in [-0.4, -0.2) is 57.5 Å². The second kappa shape index (κ2) is 14.3. The van der Waals surface area contributed by atoms with Gasteiger partial charge in [-0.3, -0.25) is 13.9 Å². The Balaban J connectivity index is 1.72. The highest BCUT2D eigenvalue weighted by molar-refractivity contribution is 7.92. The van der Waals surface area contributed by atoms with E-state index in [9.17, 15) is 22.4 Å². The summed E-state index contributed by atoms with van der Waals surface area (Å²) in [6.45, 7) is 3.63. The highest BCUT2D eigenvalue weighted by Gasteiger charge is 2.34. The predicted octanol–water partition coefficient (Wildman–Crippen LogP) is 5.43. The van der Waals surface area contributed by atoms with Gasteiger partial charge < -0.3 is 19.7 Å². The maximum atomic E-state index is 14.0. The van der Waals surface area contributed by atoms with E-state index < -0.39 is 40.2 Å². The lowest BCUT2D eigenvalue weighted by Gasteiger charge is -2.32. The van der Waals surface area contributed by atoms with Crippen LogP contribution >= 0.6 is 23.2 Å². The molecule has 4 rings (SSSR count). The topological polar surface area (TPSA) is 105 Å². The summed E-state index contributed by atoms with van der Waals surface area (Å²) in [4.78, 5) is 28.2. The molecule has 0 fully saturated rings. The van der Waals surface area contributed by atoms with Crippen molar-refractivity contribution in [1.82, 2.24) is 10.2 Å². The number of nitrogens with one attached hydrogen (secondary N) is 1. The van der Waals surface area contributed by atoms with Gasteiger partial charge in [0.05, 0.1) is 10.6 Å². The number of carbonyl (C=O) groups is 2. The first-order valence-electron chi connectivity index (χ1n) is 13.7. The first-order valence-corrected chi connectivity index (χ1v) is 15.9. The van der Waals surface area contributed by atoms with E-state index in [1.807, 2.05) is 6.92 Å². The molecule has 1 heterocycles. The van der Waals surface area contributed by atoms with Crippen LogP contribution in [0.15, 0.2) is 65.6 Å². The number of ether oxygens (including phenoxy) is 2. The highest BCUT2D eigenvalue weighted by Crippen LogP contribution is 2.34. The summed E-state index contributed by atoms with van der Waals surface area (Å²) in [6, 6.07) is 12.7. The number of benzene rings is 3. The van der Waals surface area contributed by atoms with Gasteiger partial charge in [-0.1, -0.05) is 42.6 Å². The minimum absolute atomic E-state index is 0.0421. The molecule has 1 aliphatic heterocycles. The fourth-order valence-electron chi connectivity index (χ4n) is 4.42. The predicted molar refractivity (Wildman–Crippen MR) is 163 cm³/mol. The third-order valence-corrected chi connectivity index (χ3v) is 9.36. The maximum Gasteiger partial charge on any atom is 0.264 e. The molecule has 0 aliphatic carbocycles. The van der Waals surface area contributed by atoms with Crippen molar-refractivity contribution in [2.75, 3.05) is 30.6 Å². The number of carbonyl (C=O) groups excluding carboxylic acids is 2. The zero-order chi connectivity index (χ0) is 31.1. The lowest BCUT2D eigenvalue weighted by Crippen LogP contribution is -2.51. The van der Waals surface area contributed by atoms with Gasteiger partial charge in [0, 0.05) is 34.8 Å². The molecule has 9 nitrogen and oxygen atoms in total. The number of rotatable bonds is 12. The summed E-state index contributed by atoms with van der Waals surface area (Å²) in [6.07, 6.45) is 1.60. The summed E-state index contributed by atoms with van der Waals surface area (Å²) in [5.41, 5.74) is 0.441. The number of halogens is 3. The van der Waals surface area contributed by atoms with Crippen LogP contribution in [0.4, 0.5) is 10.1 Å². The Morgan fingerprint density at radius 2 is 1.65 bits per heavy atom. The first-order chi connectivity index (χ1) is 20.5. The van der Waals surface area contributed by atoms with Gasteiger partial charge >= 0.3 is 0 Å². The molecule has 0 saturated carbocycles. The van der Waals surface area contributed by atoms with E-state index in [1.165, 1.54) is 35.2 Å². The van der Waals surface area contributed by atoms with Crippen LogP contribution in [0.1, 0.15) is 32.3 Å². The molecule has 230 valence electrons. The van der Waals surface area contributed by atoms with Crippen molar-refractivity contribution < 1.29 is 31.9 Å². The van der Waals surface area contributed by atoms with Crippen LogP contribution in [-0.2, 0) is 26.2 Å². The standard InChI is InChI=1S/C30H32Cl2FN3O6S/c1-3-4-14-34-30(38)20(2)35(18-24-25(31)6-5-7-26(24)32)29(37)19-36(22-10-8-21(33)9-11-22)43(39,40)23-12-13-27-28(17-23)42-16-15-41-27/h5-13,17,20H,3-4,14-16,18-19H2,1-2H3,(H,34,38)/t20-/m1/s1. The first kappa shape index (κ1) is 32.4. The van der Waals surface area contributed by atoms with Crippen LogP contribution in [0.5, 0.6) is 11.5 Å². The Morgan fingerprint density at radius 3 is 2.30 bits per heavy atom. The monoisotopic (exact) mass is 651 g/mol. The van der Waals surface area contributed by atoms with Crippen molar-refractivity contribution in [3.8, 4) is 11.5 Å². The van der Waals surface area contributed by atoms with Crippen molar-refractivity contribution in [1.29, 1.82) is 0 Å². The van der Waals surface area contributed by atoms with Crippen LogP contribution < -0.4 is 19.1 Å². The number of hydrogen-bond donors (Lipinski definition) is 1. The molecule has 3 aromatic rings. The molecule has 1 N–H and O–H groups in total. The summed E-state index contributed by atoms with van der Waals surface area (Å²) in [7, 11) is -4.41. The molecule has 0 spiro atoms. The molecule has 0 aromatic heterocycles. The molecule has 13 heteroatoms. The summed E-state index contributed by atoms with van der Waals surface area (Å²) in [5, 5.41) is 3.37. The zero-order valence-electron chi connectivity index (χ0n) is 23.7. The minimum atomic E-state index is -4.41. The molecule has 43 heavy (non-hydrogen) atoms. The Labute approximate surface area is 260 Å². The molecule has 0 radical (unpaired) electrons. The number of anilines is 1. The Bertz CT molecular complexity index is 1550. The van der Waals surface area contributed by atoms with Gasteiger partial charge in [-0.15, -0.1) is 0 Å². The number of fused-ring (bicyclic) bond motifs is 1. The van der Waals surface area contributed by atoms with Gasteiger partial charge in [-0.25, -0.2) is 12.8 Å². The van der Waals surface area contributed by atoms with E-state index in [-0.39, 0.29) is 39.5 Å². The number of nitrogens with zero attached hydrogens (tertiary/aromatic N) is 2. The minimum Gasteiger partial charge on any atom is -0.486 e. The van der Waals surface area contributed by atoms with Gasteiger partial charge in [0.25, 0.3) is 10.0 Å². The molecule has 0 bridgehead atoms. The molecular weight excluding hydrogens is 620 g/mol. The summed E-state index contributed by atoms with van der Waals surface area (Å²) < 4.78 is 53.9. The van der Waals surface area contributed by atoms with Crippen LogP contribution in [0.25, 0.3) is 0 Å². The van der Waals surface area contributed by atoms with E-state index in [0.29, 0.717) is 24.5 Å².